The Hall–Kier alpha value is -2.21. The molecule has 1 aromatic heterocycles. The fourth-order valence-electron chi connectivity index (χ4n) is 3.27. The summed E-state index contributed by atoms with van der Waals surface area (Å²) >= 11 is 1.73. The zero-order valence-electron chi connectivity index (χ0n) is 13.4. The van der Waals surface area contributed by atoms with Crippen LogP contribution in [0.1, 0.15) is 23.8 Å². The van der Waals surface area contributed by atoms with Gasteiger partial charge in [-0.15, -0.1) is 11.3 Å². The highest BCUT2D eigenvalue weighted by Gasteiger charge is 2.30. The highest BCUT2D eigenvalue weighted by atomic mass is 32.1. The molecule has 2 aliphatic rings. The van der Waals surface area contributed by atoms with E-state index in [2.05, 4.69) is 22.8 Å². The van der Waals surface area contributed by atoms with Crippen LogP contribution >= 0.6 is 11.3 Å². The molecule has 2 aliphatic heterocycles. The van der Waals surface area contributed by atoms with Crippen LogP contribution in [0.5, 0.6) is 11.5 Å². The molecule has 5 nitrogen and oxygen atoms in total. The Balaban J connectivity index is 1.39. The number of rotatable bonds is 4. The van der Waals surface area contributed by atoms with Crippen molar-refractivity contribution in [2.75, 3.05) is 31.6 Å². The first kappa shape index (κ1) is 15.3. The number of thiophene rings is 1. The summed E-state index contributed by atoms with van der Waals surface area (Å²) < 4.78 is 11.1. The van der Waals surface area contributed by atoms with Gasteiger partial charge in [0.25, 0.3) is 0 Å². The largest absolute Gasteiger partial charge is 0.486 e. The number of likely N-dealkylation sites (tertiary alicyclic amines) is 1. The van der Waals surface area contributed by atoms with Gasteiger partial charge in [0.2, 0.25) is 5.91 Å². The average molecular weight is 344 g/mol. The van der Waals surface area contributed by atoms with Crippen LogP contribution in [0.25, 0.3) is 0 Å². The molecule has 0 bridgehead atoms. The Morgan fingerprint density at radius 1 is 1.25 bits per heavy atom. The molecule has 24 heavy (non-hydrogen) atoms. The normalized spacial score (nSPS) is 19.3. The average Bonchev–Trinajstić information content (AvgIpc) is 3.30. The molecular weight excluding hydrogens is 324 g/mol. The summed E-state index contributed by atoms with van der Waals surface area (Å²) in [7, 11) is 0. The number of benzene rings is 1. The van der Waals surface area contributed by atoms with Crippen LogP contribution in [0.2, 0.25) is 0 Å². The fraction of sp³-hybridized carbons (Fsp3) is 0.389. The Kier molecular flexibility index (Phi) is 4.30. The van der Waals surface area contributed by atoms with Gasteiger partial charge in [-0.1, -0.05) is 6.07 Å². The van der Waals surface area contributed by atoms with Gasteiger partial charge in [-0.2, -0.15) is 0 Å². The molecule has 1 fully saturated rings. The third-order valence-electron chi connectivity index (χ3n) is 4.43. The van der Waals surface area contributed by atoms with Crippen LogP contribution in [0.15, 0.2) is 35.7 Å². The second-order valence-corrected chi connectivity index (χ2v) is 6.95. The molecule has 0 aliphatic carbocycles. The molecule has 0 spiro atoms. The molecule has 126 valence electrons. The van der Waals surface area contributed by atoms with E-state index in [-0.39, 0.29) is 11.9 Å². The summed E-state index contributed by atoms with van der Waals surface area (Å²) in [4.78, 5) is 15.9. The predicted octanol–water partition coefficient (Wildman–Crippen LogP) is 3.29. The molecule has 4 rings (SSSR count). The van der Waals surface area contributed by atoms with E-state index in [0.29, 0.717) is 19.8 Å². The topological polar surface area (TPSA) is 50.8 Å². The standard InChI is InChI=1S/C18H20N2O3S/c21-18(20-7-1-3-14(20)17-4-2-10-24-17)12-19-13-5-6-15-16(11-13)23-9-8-22-15/h2,4-6,10-11,14,19H,1,3,7-9,12H2. The van der Waals surface area contributed by atoms with Crippen LogP contribution in [-0.4, -0.2) is 37.1 Å². The molecule has 1 atom stereocenters. The van der Waals surface area contributed by atoms with Crippen molar-refractivity contribution >= 4 is 22.9 Å². The van der Waals surface area contributed by atoms with E-state index >= 15 is 0 Å². The number of fused-ring (bicyclic) bond motifs is 1. The number of amides is 1. The summed E-state index contributed by atoms with van der Waals surface area (Å²) in [5, 5.41) is 5.29. The SMILES string of the molecule is O=C(CNc1ccc2c(c1)OCCO2)N1CCCC1c1cccs1. The van der Waals surface area contributed by atoms with Gasteiger partial charge in [0.15, 0.2) is 11.5 Å². The molecule has 2 aromatic rings. The lowest BCUT2D eigenvalue weighted by Crippen LogP contribution is -2.34. The summed E-state index contributed by atoms with van der Waals surface area (Å²) in [6.45, 7) is 2.27. The number of hydrogen-bond donors (Lipinski definition) is 1. The van der Waals surface area contributed by atoms with Crippen molar-refractivity contribution in [3.63, 3.8) is 0 Å². The summed E-state index contributed by atoms with van der Waals surface area (Å²) in [5.74, 6) is 1.63. The van der Waals surface area contributed by atoms with Crippen molar-refractivity contribution in [2.24, 2.45) is 0 Å². The zero-order chi connectivity index (χ0) is 16.4. The van der Waals surface area contributed by atoms with Crippen molar-refractivity contribution in [1.82, 2.24) is 4.90 Å². The number of nitrogens with one attached hydrogen (secondary N) is 1. The maximum atomic E-state index is 12.6. The number of hydrogen-bond acceptors (Lipinski definition) is 5. The lowest BCUT2D eigenvalue weighted by molar-refractivity contribution is -0.130. The van der Waals surface area contributed by atoms with E-state index in [0.717, 1.165) is 36.6 Å². The third-order valence-corrected chi connectivity index (χ3v) is 5.40. The van der Waals surface area contributed by atoms with Crippen molar-refractivity contribution in [2.45, 2.75) is 18.9 Å². The Morgan fingerprint density at radius 2 is 2.12 bits per heavy atom. The number of carbonyl (C=O) groups is 1. The first-order valence-electron chi connectivity index (χ1n) is 8.27. The maximum absolute atomic E-state index is 12.6. The molecule has 3 heterocycles. The van der Waals surface area contributed by atoms with Crippen molar-refractivity contribution < 1.29 is 14.3 Å². The smallest absolute Gasteiger partial charge is 0.242 e. The van der Waals surface area contributed by atoms with Crippen LogP contribution < -0.4 is 14.8 Å². The van der Waals surface area contributed by atoms with Gasteiger partial charge in [-0.3, -0.25) is 4.79 Å². The van der Waals surface area contributed by atoms with Gasteiger partial charge in [0, 0.05) is 23.2 Å². The van der Waals surface area contributed by atoms with Crippen LogP contribution in [-0.2, 0) is 4.79 Å². The summed E-state index contributed by atoms with van der Waals surface area (Å²) in [6, 6.07) is 10.1. The highest BCUT2D eigenvalue weighted by Crippen LogP contribution is 2.35. The quantitative estimate of drug-likeness (QED) is 0.925. The summed E-state index contributed by atoms with van der Waals surface area (Å²) in [6.07, 6.45) is 2.12. The lowest BCUT2D eigenvalue weighted by Gasteiger charge is -2.24. The van der Waals surface area contributed by atoms with E-state index in [1.54, 1.807) is 11.3 Å². The Labute approximate surface area is 145 Å². The first-order chi connectivity index (χ1) is 11.8. The van der Waals surface area contributed by atoms with Crippen molar-refractivity contribution in [3.05, 3.63) is 40.6 Å². The maximum Gasteiger partial charge on any atom is 0.242 e. The molecule has 6 heteroatoms. The first-order valence-corrected chi connectivity index (χ1v) is 9.15. The highest BCUT2D eigenvalue weighted by molar-refractivity contribution is 7.10. The zero-order valence-corrected chi connectivity index (χ0v) is 14.2. The third kappa shape index (κ3) is 3.06. The number of nitrogens with zero attached hydrogens (tertiary/aromatic N) is 1. The Bertz CT molecular complexity index is 717. The van der Waals surface area contributed by atoms with E-state index in [9.17, 15) is 4.79 Å². The fourth-order valence-corrected chi connectivity index (χ4v) is 4.15. The molecular formula is C18H20N2O3S. The van der Waals surface area contributed by atoms with E-state index in [4.69, 9.17) is 9.47 Å². The summed E-state index contributed by atoms with van der Waals surface area (Å²) in [5.41, 5.74) is 0.875. The molecule has 0 radical (unpaired) electrons. The molecule has 1 unspecified atom stereocenters. The van der Waals surface area contributed by atoms with Gasteiger partial charge in [-0.25, -0.2) is 0 Å². The van der Waals surface area contributed by atoms with Gasteiger partial charge < -0.3 is 19.7 Å². The lowest BCUT2D eigenvalue weighted by atomic mass is 10.2. The number of ether oxygens (including phenoxy) is 2. The van der Waals surface area contributed by atoms with Crippen molar-refractivity contribution in [3.8, 4) is 11.5 Å². The molecule has 1 N–H and O–H groups in total. The minimum atomic E-state index is 0.140. The number of anilines is 1. The Morgan fingerprint density at radius 3 is 2.96 bits per heavy atom. The van der Waals surface area contributed by atoms with Gasteiger partial charge >= 0.3 is 0 Å². The molecule has 1 aromatic carbocycles. The van der Waals surface area contributed by atoms with Gasteiger partial charge in [0.05, 0.1) is 12.6 Å². The van der Waals surface area contributed by atoms with Crippen LogP contribution in [0.4, 0.5) is 5.69 Å². The van der Waals surface area contributed by atoms with E-state index < -0.39 is 0 Å². The second-order valence-electron chi connectivity index (χ2n) is 5.97. The second kappa shape index (κ2) is 6.73. The van der Waals surface area contributed by atoms with E-state index in [1.807, 2.05) is 23.1 Å². The van der Waals surface area contributed by atoms with Crippen LogP contribution in [0, 0.1) is 0 Å². The monoisotopic (exact) mass is 344 g/mol. The van der Waals surface area contributed by atoms with E-state index in [1.165, 1.54) is 4.88 Å². The molecule has 0 saturated carbocycles. The minimum Gasteiger partial charge on any atom is -0.486 e. The van der Waals surface area contributed by atoms with Crippen LogP contribution in [0.3, 0.4) is 0 Å². The molecule has 1 amide bonds. The number of carbonyl (C=O) groups excluding carboxylic acids is 1. The molecule has 1 saturated heterocycles. The van der Waals surface area contributed by atoms with Gasteiger partial charge in [0.1, 0.15) is 13.2 Å². The van der Waals surface area contributed by atoms with Gasteiger partial charge in [-0.05, 0) is 36.4 Å². The predicted molar refractivity (Wildman–Crippen MR) is 93.9 cm³/mol. The minimum absolute atomic E-state index is 0.140. The van der Waals surface area contributed by atoms with Crippen molar-refractivity contribution in [1.29, 1.82) is 0 Å².